The fourth-order valence-corrected chi connectivity index (χ4v) is 3.83. The summed E-state index contributed by atoms with van der Waals surface area (Å²) in [5, 5.41) is -0.694. The number of carbonyl (C=O) groups excluding carboxylic acids is 1. The predicted molar refractivity (Wildman–Crippen MR) is 129 cm³/mol. The molecule has 4 nitrogen and oxygen atoms in total. The zero-order valence-electron chi connectivity index (χ0n) is 20.5. The first-order valence-corrected chi connectivity index (χ1v) is 11.6. The van der Waals surface area contributed by atoms with Crippen molar-refractivity contribution >= 4 is 29.0 Å². The number of alkyl halides is 9. The number of ketones is 1. The molecule has 1 atom stereocenters. The number of carbonyl (C=O) groups is 1. The lowest BCUT2D eigenvalue weighted by atomic mass is 9.94. The number of nitrogens with zero attached hydrogens (tertiary/aromatic N) is 2. The summed E-state index contributed by atoms with van der Waals surface area (Å²) in [6.07, 6.45) is -14.5. The number of Topliss-reactive ketones (excluding diaryl/α,β-unsaturated/α-hetero) is 1. The normalized spacial score (nSPS) is 13.6. The van der Waals surface area contributed by atoms with Gasteiger partial charge in [0.15, 0.2) is 5.78 Å². The average molecular weight is 615 g/mol. The molecule has 0 spiro atoms. The number of likely N-dealkylation sites (N-methyl/N-ethyl adjacent to an activating group) is 1. The van der Waals surface area contributed by atoms with Crippen LogP contribution in [-0.4, -0.2) is 36.9 Å². The van der Waals surface area contributed by atoms with E-state index in [0.717, 1.165) is 0 Å². The van der Waals surface area contributed by atoms with E-state index in [4.69, 9.17) is 11.6 Å². The summed E-state index contributed by atoms with van der Waals surface area (Å²) in [5.74, 6) is -6.65. The SMILES string of the molecule is CN(CC(=O)c1ccc(/C(F)=C/C(c2ccc(Cl)c(OC(F)(F)F)c2)C(F)(F)F)cc1C(F)(F)F)c1ccccn1. The summed E-state index contributed by atoms with van der Waals surface area (Å²) in [4.78, 5) is 17.9. The molecular weight excluding hydrogens is 598 g/mol. The third-order valence-electron chi connectivity index (χ3n) is 5.53. The second kappa shape index (κ2) is 12.0. The Bertz CT molecular complexity index is 1420. The predicted octanol–water partition coefficient (Wildman–Crippen LogP) is 8.63. The number of benzene rings is 2. The summed E-state index contributed by atoms with van der Waals surface area (Å²) >= 11 is 5.55. The first-order valence-electron chi connectivity index (χ1n) is 11.2. The first kappa shape index (κ1) is 31.7. The van der Waals surface area contributed by atoms with Gasteiger partial charge in [0.25, 0.3) is 0 Å². The molecule has 220 valence electrons. The van der Waals surface area contributed by atoms with E-state index in [1.165, 1.54) is 24.2 Å². The van der Waals surface area contributed by atoms with Crippen molar-refractivity contribution < 1.29 is 53.4 Å². The van der Waals surface area contributed by atoms with Crippen molar-refractivity contribution in [1.29, 1.82) is 0 Å². The molecule has 0 aliphatic heterocycles. The maximum Gasteiger partial charge on any atom is 0.573 e. The largest absolute Gasteiger partial charge is 0.573 e. The van der Waals surface area contributed by atoms with Gasteiger partial charge in [-0.2, -0.15) is 26.3 Å². The van der Waals surface area contributed by atoms with Gasteiger partial charge in [0.1, 0.15) is 23.3 Å². The fourth-order valence-electron chi connectivity index (χ4n) is 3.67. The molecule has 0 saturated heterocycles. The molecule has 15 heteroatoms. The van der Waals surface area contributed by atoms with Crippen LogP contribution in [-0.2, 0) is 6.18 Å². The van der Waals surface area contributed by atoms with E-state index in [1.807, 2.05) is 0 Å². The summed E-state index contributed by atoms with van der Waals surface area (Å²) in [5.41, 5.74) is -4.36. The molecule has 0 bridgehead atoms. The molecule has 0 radical (unpaired) electrons. The maximum atomic E-state index is 15.0. The molecule has 41 heavy (non-hydrogen) atoms. The highest BCUT2D eigenvalue weighted by Gasteiger charge is 2.41. The number of allylic oxidation sites excluding steroid dienone is 1. The standard InChI is InChI=1S/C26H17ClF10N2O2/c1-39(23-4-2-3-9-38-23)13-21(40)16-7-5-15(10-18(16)25(32,33)34)20(28)12-17(24(29,30)31)14-6-8-19(27)22(11-14)41-26(35,36)37/h2-12,17H,13H2,1H3/b20-12-. The van der Waals surface area contributed by atoms with Gasteiger partial charge in [0.2, 0.25) is 0 Å². The van der Waals surface area contributed by atoms with E-state index in [0.29, 0.717) is 30.3 Å². The lowest BCUT2D eigenvalue weighted by Gasteiger charge is -2.20. The van der Waals surface area contributed by atoms with Gasteiger partial charge in [-0.25, -0.2) is 9.37 Å². The molecule has 0 aliphatic carbocycles. The quantitative estimate of drug-likeness (QED) is 0.188. The Labute approximate surface area is 230 Å². The number of pyridine rings is 1. The molecule has 0 saturated carbocycles. The van der Waals surface area contributed by atoms with Crippen molar-refractivity contribution in [2.24, 2.45) is 0 Å². The number of halogens is 11. The number of hydrogen-bond donors (Lipinski definition) is 0. The van der Waals surface area contributed by atoms with Gasteiger partial charge in [0, 0.05) is 24.4 Å². The highest BCUT2D eigenvalue weighted by atomic mass is 35.5. The fraction of sp³-hybridized carbons (Fsp3) is 0.231. The zero-order valence-corrected chi connectivity index (χ0v) is 21.3. The van der Waals surface area contributed by atoms with Crippen molar-refractivity contribution in [2.75, 3.05) is 18.5 Å². The Balaban J connectivity index is 2.00. The first-order chi connectivity index (χ1) is 18.9. The van der Waals surface area contributed by atoms with Crippen molar-refractivity contribution in [3.8, 4) is 5.75 Å². The number of ether oxygens (including phenoxy) is 1. The Hall–Kier alpha value is -3.81. The number of hydrogen-bond acceptors (Lipinski definition) is 4. The lowest BCUT2D eigenvalue weighted by molar-refractivity contribution is -0.274. The Morgan fingerprint density at radius 3 is 2.24 bits per heavy atom. The smallest absolute Gasteiger partial charge is 0.404 e. The van der Waals surface area contributed by atoms with Crippen molar-refractivity contribution in [1.82, 2.24) is 4.98 Å². The highest BCUT2D eigenvalue weighted by molar-refractivity contribution is 6.32. The highest BCUT2D eigenvalue weighted by Crippen LogP contribution is 2.42. The van der Waals surface area contributed by atoms with E-state index in [9.17, 15) is 44.3 Å². The van der Waals surface area contributed by atoms with E-state index >= 15 is 4.39 Å². The third kappa shape index (κ3) is 8.35. The van der Waals surface area contributed by atoms with Crippen LogP contribution in [0.4, 0.5) is 49.7 Å². The van der Waals surface area contributed by atoms with Crippen LogP contribution in [0.3, 0.4) is 0 Å². The van der Waals surface area contributed by atoms with Gasteiger partial charge in [-0.3, -0.25) is 4.79 Å². The summed E-state index contributed by atoms with van der Waals surface area (Å²) < 4.78 is 139. The van der Waals surface area contributed by atoms with Crippen molar-refractivity contribution in [2.45, 2.75) is 24.6 Å². The monoisotopic (exact) mass is 614 g/mol. The molecule has 1 heterocycles. The molecule has 0 N–H and O–H groups in total. The number of rotatable bonds is 8. The molecule has 0 amide bonds. The molecule has 1 aromatic heterocycles. The van der Waals surface area contributed by atoms with Crippen LogP contribution in [0.1, 0.15) is 33.0 Å². The molecule has 0 fully saturated rings. The Morgan fingerprint density at radius 1 is 1.00 bits per heavy atom. The van der Waals surface area contributed by atoms with Gasteiger partial charge in [-0.15, -0.1) is 13.2 Å². The van der Waals surface area contributed by atoms with Crippen LogP contribution in [0.15, 0.2) is 66.9 Å². The summed E-state index contributed by atoms with van der Waals surface area (Å²) in [6, 6.07) is 7.75. The second-order valence-corrected chi connectivity index (χ2v) is 8.90. The van der Waals surface area contributed by atoms with Crippen LogP contribution in [0.2, 0.25) is 5.02 Å². The molecule has 1 unspecified atom stereocenters. The number of aromatic nitrogens is 1. The minimum Gasteiger partial charge on any atom is -0.404 e. The van der Waals surface area contributed by atoms with E-state index in [-0.39, 0.29) is 18.0 Å². The summed E-state index contributed by atoms with van der Waals surface area (Å²) in [6.45, 7) is -0.563. The average Bonchev–Trinajstić information content (AvgIpc) is 2.86. The van der Waals surface area contributed by atoms with Gasteiger partial charge < -0.3 is 9.64 Å². The number of anilines is 1. The molecular formula is C26H17ClF10N2O2. The second-order valence-electron chi connectivity index (χ2n) is 8.50. The van der Waals surface area contributed by atoms with Crippen LogP contribution in [0.5, 0.6) is 5.75 Å². The van der Waals surface area contributed by atoms with Crippen LogP contribution >= 0.6 is 11.6 Å². The summed E-state index contributed by atoms with van der Waals surface area (Å²) in [7, 11) is 1.39. The van der Waals surface area contributed by atoms with Gasteiger partial charge in [-0.05, 0) is 42.0 Å². The van der Waals surface area contributed by atoms with Crippen LogP contribution in [0, 0.1) is 0 Å². The Morgan fingerprint density at radius 2 is 1.68 bits per heavy atom. The third-order valence-corrected chi connectivity index (χ3v) is 5.84. The molecule has 2 aromatic carbocycles. The lowest BCUT2D eigenvalue weighted by Crippen LogP contribution is -2.28. The van der Waals surface area contributed by atoms with E-state index in [1.54, 1.807) is 12.1 Å². The maximum absolute atomic E-state index is 15.0. The van der Waals surface area contributed by atoms with Gasteiger partial charge >= 0.3 is 18.7 Å². The van der Waals surface area contributed by atoms with Crippen molar-refractivity contribution in [3.63, 3.8) is 0 Å². The Kier molecular flexibility index (Phi) is 9.26. The van der Waals surface area contributed by atoms with E-state index in [2.05, 4.69) is 9.72 Å². The van der Waals surface area contributed by atoms with Crippen LogP contribution in [0.25, 0.3) is 5.83 Å². The molecule has 3 rings (SSSR count). The molecule has 0 aliphatic rings. The van der Waals surface area contributed by atoms with Gasteiger partial charge in [0.05, 0.1) is 17.1 Å². The molecule has 3 aromatic rings. The van der Waals surface area contributed by atoms with Crippen molar-refractivity contribution in [3.05, 3.63) is 94.1 Å². The van der Waals surface area contributed by atoms with Gasteiger partial charge in [-0.1, -0.05) is 35.9 Å². The van der Waals surface area contributed by atoms with Crippen LogP contribution < -0.4 is 9.64 Å². The minimum atomic E-state index is -5.31. The topological polar surface area (TPSA) is 42.4 Å². The van der Waals surface area contributed by atoms with E-state index < -0.39 is 75.8 Å². The minimum absolute atomic E-state index is 0.105. The zero-order chi connectivity index (χ0) is 30.8.